The van der Waals surface area contributed by atoms with Crippen LogP contribution < -0.4 is 0 Å². The van der Waals surface area contributed by atoms with Crippen molar-refractivity contribution in [2.75, 3.05) is 20.2 Å². The zero-order valence-corrected chi connectivity index (χ0v) is 9.92. The predicted molar refractivity (Wildman–Crippen MR) is 60.6 cm³/mol. The molecule has 0 unspecified atom stereocenters. The lowest BCUT2D eigenvalue weighted by molar-refractivity contribution is 0.258. The molecular formula is C11H22N2O. The Morgan fingerprint density at radius 3 is 2.50 bits per heavy atom. The smallest absolute Gasteiger partial charge is 0.207 e. The van der Waals surface area contributed by atoms with Crippen LogP contribution in [0.5, 0.6) is 0 Å². The Labute approximate surface area is 87.3 Å². The van der Waals surface area contributed by atoms with Crippen LogP contribution in [0, 0.1) is 11.3 Å². The lowest BCUT2D eigenvalue weighted by Crippen LogP contribution is -2.16. The lowest BCUT2D eigenvalue weighted by atomic mass is 10.2. The largest absolute Gasteiger partial charge is 0.478 e. The van der Waals surface area contributed by atoms with E-state index in [4.69, 9.17) is 10.1 Å². The molecule has 0 aromatic heterocycles. The van der Waals surface area contributed by atoms with Crippen molar-refractivity contribution in [3.63, 3.8) is 0 Å². The molecule has 0 atom stereocenters. The van der Waals surface area contributed by atoms with E-state index in [1.807, 2.05) is 14.0 Å². The first kappa shape index (κ1) is 13.0. The summed E-state index contributed by atoms with van der Waals surface area (Å²) in [4.78, 5) is 2.08. The Bertz CT molecular complexity index is 209. The van der Waals surface area contributed by atoms with Gasteiger partial charge in [-0.3, -0.25) is 5.41 Å². The van der Waals surface area contributed by atoms with Gasteiger partial charge in [-0.1, -0.05) is 13.8 Å². The molecule has 0 spiro atoms. The third-order valence-electron chi connectivity index (χ3n) is 1.99. The Balaban J connectivity index is 4.02. The third kappa shape index (κ3) is 5.62. The summed E-state index contributed by atoms with van der Waals surface area (Å²) in [6, 6.07) is 0. The summed E-state index contributed by atoms with van der Waals surface area (Å²) in [6.07, 6.45) is 1.76. The second-order valence-electron chi connectivity index (χ2n) is 3.87. The average molecular weight is 198 g/mol. The van der Waals surface area contributed by atoms with Gasteiger partial charge in [0.25, 0.3) is 0 Å². The molecule has 0 heterocycles. The number of allylic oxidation sites excluding steroid dienone is 1. The summed E-state index contributed by atoms with van der Waals surface area (Å²) in [5.74, 6) is 0.712. The van der Waals surface area contributed by atoms with Gasteiger partial charge < -0.3 is 9.64 Å². The van der Waals surface area contributed by atoms with Crippen LogP contribution >= 0.6 is 0 Å². The molecule has 3 nitrogen and oxygen atoms in total. The van der Waals surface area contributed by atoms with Crippen LogP contribution in [-0.4, -0.2) is 31.0 Å². The average Bonchev–Trinajstić information content (AvgIpc) is 2.13. The van der Waals surface area contributed by atoms with Gasteiger partial charge in [-0.25, -0.2) is 0 Å². The second-order valence-corrected chi connectivity index (χ2v) is 3.87. The number of hydrogen-bond acceptors (Lipinski definition) is 3. The topological polar surface area (TPSA) is 36.3 Å². The van der Waals surface area contributed by atoms with Crippen molar-refractivity contribution < 1.29 is 4.74 Å². The fraction of sp³-hybridized carbons (Fsp3) is 0.727. The van der Waals surface area contributed by atoms with Crippen molar-refractivity contribution in [3.05, 3.63) is 11.8 Å². The lowest BCUT2D eigenvalue weighted by Gasteiger charge is -2.17. The molecule has 0 aromatic carbocycles. The van der Waals surface area contributed by atoms with Gasteiger partial charge in [0.2, 0.25) is 5.90 Å². The van der Waals surface area contributed by atoms with Gasteiger partial charge >= 0.3 is 0 Å². The second kappa shape index (κ2) is 6.46. The number of nitrogens with zero attached hydrogens (tertiary/aromatic N) is 1. The molecule has 0 bridgehead atoms. The SMILES string of the molecule is CCN(C)/C(C)=C\C(=N)OCC(C)C. The summed E-state index contributed by atoms with van der Waals surface area (Å²) >= 11 is 0. The van der Waals surface area contributed by atoms with Crippen LogP contribution in [0.1, 0.15) is 27.7 Å². The number of ether oxygens (including phenoxy) is 1. The number of rotatable bonds is 5. The van der Waals surface area contributed by atoms with E-state index in [0.29, 0.717) is 12.5 Å². The van der Waals surface area contributed by atoms with Crippen LogP contribution in [0.4, 0.5) is 0 Å². The van der Waals surface area contributed by atoms with Gasteiger partial charge in [0.05, 0.1) is 6.61 Å². The van der Waals surface area contributed by atoms with E-state index in [0.717, 1.165) is 12.2 Å². The van der Waals surface area contributed by atoms with Crippen LogP contribution in [0.3, 0.4) is 0 Å². The first-order valence-corrected chi connectivity index (χ1v) is 5.08. The first-order chi connectivity index (χ1) is 6.47. The fourth-order valence-corrected chi connectivity index (χ4v) is 0.847. The minimum Gasteiger partial charge on any atom is -0.478 e. The van der Waals surface area contributed by atoms with E-state index in [1.165, 1.54) is 0 Å². The van der Waals surface area contributed by atoms with E-state index in [2.05, 4.69) is 25.7 Å². The molecule has 0 saturated carbocycles. The monoisotopic (exact) mass is 198 g/mol. The highest BCUT2D eigenvalue weighted by molar-refractivity contribution is 5.85. The molecule has 3 heteroatoms. The molecule has 0 aliphatic rings. The summed E-state index contributed by atoms with van der Waals surface area (Å²) < 4.78 is 5.25. The quantitative estimate of drug-likeness (QED) is 0.544. The Kier molecular flexibility index (Phi) is 6.00. The van der Waals surface area contributed by atoms with Crippen molar-refractivity contribution >= 4 is 5.90 Å². The van der Waals surface area contributed by atoms with E-state index in [1.54, 1.807) is 6.08 Å². The van der Waals surface area contributed by atoms with Crippen LogP contribution in [-0.2, 0) is 4.74 Å². The number of nitrogens with one attached hydrogen (secondary N) is 1. The van der Waals surface area contributed by atoms with Gasteiger partial charge in [-0.15, -0.1) is 0 Å². The van der Waals surface area contributed by atoms with E-state index < -0.39 is 0 Å². The van der Waals surface area contributed by atoms with Gasteiger partial charge in [0, 0.05) is 25.4 Å². The molecule has 14 heavy (non-hydrogen) atoms. The van der Waals surface area contributed by atoms with Crippen molar-refractivity contribution in [2.24, 2.45) is 5.92 Å². The maximum Gasteiger partial charge on any atom is 0.207 e. The zero-order valence-electron chi connectivity index (χ0n) is 9.92. The number of hydrogen-bond donors (Lipinski definition) is 1. The normalized spacial score (nSPS) is 11.7. The molecule has 0 rings (SSSR count). The van der Waals surface area contributed by atoms with Crippen molar-refractivity contribution in [1.29, 1.82) is 5.41 Å². The van der Waals surface area contributed by atoms with Gasteiger partial charge in [0.15, 0.2) is 0 Å². The summed E-state index contributed by atoms with van der Waals surface area (Å²) in [7, 11) is 2.00. The van der Waals surface area contributed by atoms with E-state index in [-0.39, 0.29) is 5.90 Å². The Morgan fingerprint density at radius 1 is 1.50 bits per heavy atom. The molecule has 0 aliphatic heterocycles. The molecule has 0 aromatic rings. The molecule has 0 radical (unpaired) electrons. The highest BCUT2D eigenvalue weighted by atomic mass is 16.5. The van der Waals surface area contributed by atoms with Gasteiger partial charge in [-0.2, -0.15) is 0 Å². The maximum atomic E-state index is 7.56. The van der Waals surface area contributed by atoms with Gasteiger partial charge in [0.1, 0.15) is 0 Å². The molecule has 0 amide bonds. The van der Waals surface area contributed by atoms with Crippen LogP contribution in [0.2, 0.25) is 0 Å². The zero-order chi connectivity index (χ0) is 11.1. The molecule has 0 fully saturated rings. The molecule has 82 valence electrons. The highest BCUT2D eigenvalue weighted by Gasteiger charge is 2.00. The standard InChI is InChI=1S/C11H22N2O/c1-6-13(5)10(4)7-11(12)14-8-9(2)3/h7,9,12H,6,8H2,1-5H3/b10-7-,12-11?. The Hall–Kier alpha value is -0.990. The summed E-state index contributed by atoms with van der Waals surface area (Å²) in [5.41, 5.74) is 1.06. The molecular weight excluding hydrogens is 176 g/mol. The van der Waals surface area contributed by atoms with Crippen LogP contribution in [0.15, 0.2) is 11.8 Å². The first-order valence-electron chi connectivity index (χ1n) is 5.08. The minimum atomic E-state index is 0.247. The predicted octanol–water partition coefficient (Wildman–Crippen LogP) is 2.49. The van der Waals surface area contributed by atoms with E-state index >= 15 is 0 Å². The third-order valence-corrected chi connectivity index (χ3v) is 1.99. The van der Waals surface area contributed by atoms with Gasteiger partial charge in [-0.05, 0) is 19.8 Å². The van der Waals surface area contributed by atoms with Crippen molar-refractivity contribution in [2.45, 2.75) is 27.7 Å². The molecule has 0 saturated heterocycles. The summed E-state index contributed by atoms with van der Waals surface area (Å²) in [5, 5.41) is 7.56. The highest BCUT2D eigenvalue weighted by Crippen LogP contribution is 2.01. The Morgan fingerprint density at radius 2 is 2.07 bits per heavy atom. The van der Waals surface area contributed by atoms with E-state index in [9.17, 15) is 0 Å². The maximum absolute atomic E-state index is 7.56. The minimum absolute atomic E-state index is 0.247. The molecule has 1 N–H and O–H groups in total. The fourth-order valence-electron chi connectivity index (χ4n) is 0.847. The van der Waals surface area contributed by atoms with Crippen LogP contribution in [0.25, 0.3) is 0 Å². The van der Waals surface area contributed by atoms with Crippen molar-refractivity contribution in [3.8, 4) is 0 Å². The molecule has 0 aliphatic carbocycles. The van der Waals surface area contributed by atoms with Crippen molar-refractivity contribution in [1.82, 2.24) is 4.90 Å². The summed E-state index contributed by atoms with van der Waals surface area (Å²) in [6.45, 7) is 9.76.